The molecule has 27 heavy (non-hydrogen) atoms. The first-order chi connectivity index (χ1) is 12.7. The maximum Gasteiger partial charge on any atom is 0.422 e. The first-order valence-electron chi connectivity index (χ1n) is 8.06. The lowest BCUT2D eigenvalue weighted by atomic mass is 10.0. The molecule has 0 heterocycles. The van der Waals surface area contributed by atoms with E-state index in [0.717, 1.165) is 0 Å². The van der Waals surface area contributed by atoms with Gasteiger partial charge in [-0.05, 0) is 36.2 Å². The van der Waals surface area contributed by atoms with Crippen LogP contribution < -0.4 is 10.1 Å². The molecule has 0 aromatic heterocycles. The summed E-state index contributed by atoms with van der Waals surface area (Å²) in [6, 6.07) is 11.7. The lowest BCUT2D eigenvalue weighted by Crippen LogP contribution is -2.28. The van der Waals surface area contributed by atoms with Crippen molar-refractivity contribution in [1.29, 1.82) is 0 Å². The summed E-state index contributed by atoms with van der Waals surface area (Å²) in [7, 11) is 0. The smallest absolute Gasteiger partial charge is 0.422 e. The maximum absolute atomic E-state index is 12.2. The number of carbonyl (C=O) groups is 2. The zero-order chi connectivity index (χ0) is 20.0. The quantitative estimate of drug-likeness (QED) is 0.766. The molecule has 2 aromatic rings. The molecular formula is C19H18F3NO4. The highest BCUT2D eigenvalue weighted by Crippen LogP contribution is 2.21. The van der Waals surface area contributed by atoms with Crippen molar-refractivity contribution in [1.82, 2.24) is 5.32 Å². The number of ether oxygens (including phenoxy) is 1. The van der Waals surface area contributed by atoms with E-state index < -0.39 is 24.8 Å². The Balaban J connectivity index is 1.95. The molecule has 2 N–H and O–H groups in total. The fourth-order valence-electron chi connectivity index (χ4n) is 2.45. The van der Waals surface area contributed by atoms with E-state index in [9.17, 15) is 22.8 Å². The van der Waals surface area contributed by atoms with Gasteiger partial charge >= 0.3 is 12.1 Å². The Hall–Kier alpha value is -3.03. The normalized spacial score (nSPS) is 12.3. The van der Waals surface area contributed by atoms with Crippen molar-refractivity contribution in [3.63, 3.8) is 0 Å². The van der Waals surface area contributed by atoms with Crippen LogP contribution in [0.3, 0.4) is 0 Å². The Morgan fingerprint density at radius 3 is 2.33 bits per heavy atom. The second-order valence-electron chi connectivity index (χ2n) is 5.90. The molecule has 0 radical (unpaired) electrons. The summed E-state index contributed by atoms with van der Waals surface area (Å²) >= 11 is 0. The summed E-state index contributed by atoms with van der Waals surface area (Å²) in [5.41, 5.74) is 1.13. The van der Waals surface area contributed by atoms with E-state index in [4.69, 9.17) is 5.11 Å². The van der Waals surface area contributed by atoms with Crippen LogP contribution in [0.25, 0.3) is 0 Å². The molecule has 144 valence electrons. The lowest BCUT2D eigenvalue weighted by molar-refractivity contribution is -0.153. The third kappa shape index (κ3) is 6.32. The second-order valence-corrected chi connectivity index (χ2v) is 5.90. The summed E-state index contributed by atoms with van der Waals surface area (Å²) in [4.78, 5) is 23.4. The highest BCUT2D eigenvalue weighted by atomic mass is 19.4. The Morgan fingerprint density at radius 2 is 1.74 bits per heavy atom. The number of alkyl halides is 3. The van der Waals surface area contributed by atoms with E-state index in [2.05, 4.69) is 10.1 Å². The van der Waals surface area contributed by atoms with Crippen LogP contribution in [0, 0.1) is 0 Å². The van der Waals surface area contributed by atoms with E-state index in [-0.39, 0.29) is 23.6 Å². The minimum Gasteiger partial charge on any atom is -0.484 e. The topological polar surface area (TPSA) is 75.6 Å². The van der Waals surface area contributed by atoms with Crippen molar-refractivity contribution in [3.8, 4) is 5.75 Å². The van der Waals surface area contributed by atoms with Crippen molar-refractivity contribution in [2.45, 2.75) is 25.6 Å². The molecule has 1 unspecified atom stereocenters. The van der Waals surface area contributed by atoms with Gasteiger partial charge in [-0.25, -0.2) is 4.79 Å². The zero-order valence-corrected chi connectivity index (χ0v) is 14.4. The van der Waals surface area contributed by atoms with Gasteiger partial charge in [-0.3, -0.25) is 4.79 Å². The van der Waals surface area contributed by atoms with E-state index in [1.807, 2.05) is 0 Å². The van der Waals surface area contributed by atoms with Crippen LogP contribution in [0.5, 0.6) is 5.75 Å². The number of rotatable bonds is 7. The monoisotopic (exact) mass is 381 g/mol. The van der Waals surface area contributed by atoms with Gasteiger partial charge < -0.3 is 15.2 Å². The maximum atomic E-state index is 12.2. The Labute approximate surface area is 153 Å². The number of nitrogens with one attached hydrogen (secondary N) is 1. The Bertz CT molecular complexity index is 803. The molecule has 0 fully saturated rings. The van der Waals surface area contributed by atoms with Gasteiger partial charge in [-0.2, -0.15) is 13.2 Å². The highest BCUT2D eigenvalue weighted by Gasteiger charge is 2.28. The van der Waals surface area contributed by atoms with E-state index in [1.54, 1.807) is 37.3 Å². The summed E-state index contributed by atoms with van der Waals surface area (Å²) in [6.45, 7) is 0.341. The van der Waals surface area contributed by atoms with Gasteiger partial charge in [0.1, 0.15) is 5.75 Å². The van der Waals surface area contributed by atoms with Gasteiger partial charge in [-0.1, -0.05) is 30.3 Å². The predicted octanol–water partition coefficient (Wildman–Crippen LogP) is 3.75. The van der Waals surface area contributed by atoms with Gasteiger partial charge in [0.2, 0.25) is 5.91 Å². The van der Waals surface area contributed by atoms with Gasteiger partial charge in [0.05, 0.1) is 18.0 Å². The van der Waals surface area contributed by atoms with Gasteiger partial charge in [-0.15, -0.1) is 0 Å². The molecule has 1 amide bonds. The van der Waals surface area contributed by atoms with Gasteiger partial charge in [0, 0.05) is 0 Å². The highest BCUT2D eigenvalue weighted by molar-refractivity contribution is 5.91. The minimum absolute atomic E-state index is 0.0615. The van der Waals surface area contributed by atoms with Crippen LogP contribution in [0.2, 0.25) is 0 Å². The molecule has 8 heteroatoms. The van der Waals surface area contributed by atoms with Crippen LogP contribution >= 0.6 is 0 Å². The summed E-state index contributed by atoms with van der Waals surface area (Å²) in [5, 5.41) is 11.9. The van der Waals surface area contributed by atoms with Crippen LogP contribution in [-0.2, 0) is 11.2 Å². The van der Waals surface area contributed by atoms with Crippen LogP contribution in [0.15, 0.2) is 48.5 Å². The number of carbonyl (C=O) groups excluding carboxylic acids is 1. The molecule has 2 aromatic carbocycles. The average Bonchev–Trinajstić information content (AvgIpc) is 2.60. The third-order valence-corrected chi connectivity index (χ3v) is 3.76. The summed E-state index contributed by atoms with van der Waals surface area (Å²) in [6.07, 6.45) is -4.51. The van der Waals surface area contributed by atoms with Crippen molar-refractivity contribution in [2.24, 2.45) is 0 Å². The molecule has 1 atom stereocenters. The molecule has 5 nitrogen and oxygen atoms in total. The number of benzene rings is 2. The molecule has 0 aliphatic carbocycles. The minimum atomic E-state index is -4.41. The predicted molar refractivity (Wildman–Crippen MR) is 91.7 cm³/mol. The summed E-state index contributed by atoms with van der Waals surface area (Å²) in [5.74, 6) is -1.40. The molecule has 0 bridgehead atoms. The number of halogens is 3. The fraction of sp³-hybridized carbons (Fsp3) is 0.263. The number of hydrogen-bond acceptors (Lipinski definition) is 3. The van der Waals surface area contributed by atoms with Crippen molar-refractivity contribution in [3.05, 3.63) is 65.2 Å². The largest absolute Gasteiger partial charge is 0.484 e. The van der Waals surface area contributed by atoms with Crippen molar-refractivity contribution in [2.75, 3.05) is 6.61 Å². The van der Waals surface area contributed by atoms with Gasteiger partial charge in [0.25, 0.3) is 0 Å². The van der Waals surface area contributed by atoms with Crippen LogP contribution in [0.4, 0.5) is 13.2 Å². The SMILES string of the molecule is CC(NC(=O)Cc1ccccc1C(=O)O)c1ccc(OCC(F)(F)F)cc1. The number of carboxylic acid groups (broad SMARTS) is 1. The van der Waals surface area contributed by atoms with E-state index in [1.165, 1.54) is 18.2 Å². The summed E-state index contributed by atoms with van der Waals surface area (Å²) < 4.78 is 41.1. The van der Waals surface area contributed by atoms with Crippen LogP contribution in [0.1, 0.15) is 34.5 Å². The zero-order valence-electron chi connectivity index (χ0n) is 14.4. The molecule has 0 saturated heterocycles. The van der Waals surface area contributed by atoms with E-state index >= 15 is 0 Å². The Morgan fingerprint density at radius 1 is 1.11 bits per heavy atom. The molecular weight excluding hydrogens is 363 g/mol. The average molecular weight is 381 g/mol. The Kier molecular flexibility index (Phi) is 6.44. The number of amides is 1. The van der Waals surface area contributed by atoms with Crippen molar-refractivity contribution < 1.29 is 32.6 Å². The molecule has 2 rings (SSSR count). The molecule has 0 aliphatic rings. The number of hydrogen-bond donors (Lipinski definition) is 2. The second kappa shape index (κ2) is 8.57. The number of aromatic carboxylic acids is 1. The molecule has 0 saturated carbocycles. The molecule has 0 aliphatic heterocycles. The van der Waals surface area contributed by atoms with Gasteiger partial charge in [0.15, 0.2) is 6.61 Å². The standard InChI is InChI=1S/C19H18F3NO4/c1-12(13-6-8-15(9-7-13)27-11-19(20,21)22)23-17(24)10-14-4-2-3-5-16(14)18(25)26/h2-9,12H,10-11H2,1H3,(H,23,24)(H,25,26). The van der Waals surface area contributed by atoms with Crippen molar-refractivity contribution >= 4 is 11.9 Å². The first-order valence-corrected chi connectivity index (χ1v) is 8.06. The van der Waals surface area contributed by atoms with Crippen LogP contribution in [-0.4, -0.2) is 29.8 Å². The fourth-order valence-corrected chi connectivity index (χ4v) is 2.45. The third-order valence-electron chi connectivity index (χ3n) is 3.76. The number of carboxylic acids is 1. The first kappa shape index (κ1) is 20.3. The lowest BCUT2D eigenvalue weighted by Gasteiger charge is -2.16. The molecule has 0 spiro atoms. The van der Waals surface area contributed by atoms with E-state index in [0.29, 0.717) is 11.1 Å².